The highest BCUT2D eigenvalue weighted by atomic mass is 79.9. The first-order valence-corrected chi connectivity index (χ1v) is 12.7. The molecule has 2 aromatic rings. The van der Waals surface area contributed by atoms with Crippen LogP contribution in [0.5, 0.6) is 0 Å². The molecule has 0 aromatic heterocycles. The largest absolute Gasteiger partial charge is 0.352 e. The molecule has 1 aliphatic rings. The molecule has 9 heteroatoms. The van der Waals surface area contributed by atoms with Crippen LogP contribution in [0.15, 0.2) is 51.8 Å². The van der Waals surface area contributed by atoms with E-state index in [-0.39, 0.29) is 29.9 Å². The van der Waals surface area contributed by atoms with Crippen molar-refractivity contribution in [1.29, 1.82) is 0 Å². The smallest absolute Gasteiger partial charge is 0.243 e. The average Bonchev–Trinajstić information content (AvgIpc) is 2.71. The van der Waals surface area contributed by atoms with E-state index in [2.05, 4.69) is 21.2 Å². The van der Waals surface area contributed by atoms with Gasteiger partial charge in [0, 0.05) is 17.1 Å². The zero-order chi connectivity index (χ0) is 21.7. The lowest BCUT2D eigenvalue weighted by atomic mass is 9.95. The van der Waals surface area contributed by atoms with Crippen LogP contribution in [0.3, 0.4) is 0 Å². The van der Waals surface area contributed by atoms with Crippen LogP contribution in [0.1, 0.15) is 37.7 Å². The summed E-state index contributed by atoms with van der Waals surface area (Å²) in [5.41, 5.74) is 0.649. The summed E-state index contributed by atoms with van der Waals surface area (Å²) in [6.07, 6.45) is 5.19. The van der Waals surface area contributed by atoms with E-state index in [4.69, 9.17) is 23.2 Å². The van der Waals surface area contributed by atoms with Crippen molar-refractivity contribution in [2.45, 2.75) is 49.6 Å². The number of benzene rings is 2. The lowest BCUT2D eigenvalue weighted by Crippen LogP contribution is -2.44. The van der Waals surface area contributed by atoms with Gasteiger partial charge in [-0.15, -0.1) is 0 Å². The first kappa shape index (κ1) is 23.5. The molecular weight excluding hydrogens is 511 g/mol. The van der Waals surface area contributed by atoms with Crippen molar-refractivity contribution in [3.63, 3.8) is 0 Å². The van der Waals surface area contributed by atoms with Gasteiger partial charge in [0.15, 0.2) is 0 Å². The molecule has 0 spiro atoms. The molecule has 0 heterocycles. The second-order valence-electron chi connectivity index (χ2n) is 7.38. The molecule has 0 aliphatic heterocycles. The summed E-state index contributed by atoms with van der Waals surface area (Å²) in [6, 6.07) is 11.4. The maximum atomic E-state index is 13.3. The van der Waals surface area contributed by atoms with E-state index in [1.54, 1.807) is 30.3 Å². The Balaban J connectivity index is 1.84. The summed E-state index contributed by atoms with van der Waals surface area (Å²) < 4.78 is 28.5. The molecule has 0 radical (unpaired) electrons. The van der Waals surface area contributed by atoms with Crippen LogP contribution < -0.4 is 5.32 Å². The number of carbonyl (C=O) groups is 1. The third kappa shape index (κ3) is 6.20. The maximum Gasteiger partial charge on any atom is 0.243 e. The summed E-state index contributed by atoms with van der Waals surface area (Å²) in [4.78, 5) is 12.8. The van der Waals surface area contributed by atoms with E-state index in [1.807, 2.05) is 0 Å². The van der Waals surface area contributed by atoms with Crippen LogP contribution in [0, 0.1) is 0 Å². The Bertz CT molecular complexity index is 994. The first-order chi connectivity index (χ1) is 14.3. The fourth-order valence-electron chi connectivity index (χ4n) is 3.50. The zero-order valence-corrected chi connectivity index (χ0v) is 20.2. The van der Waals surface area contributed by atoms with Gasteiger partial charge in [-0.3, -0.25) is 4.79 Å². The van der Waals surface area contributed by atoms with Gasteiger partial charge in [0.2, 0.25) is 15.9 Å². The molecule has 5 nitrogen and oxygen atoms in total. The van der Waals surface area contributed by atoms with Crippen LogP contribution in [-0.4, -0.2) is 31.2 Å². The van der Waals surface area contributed by atoms with E-state index in [0.29, 0.717) is 15.6 Å². The van der Waals surface area contributed by atoms with Crippen LogP contribution >= 0.6 is 39.1 Å². The Morgan fingerprint density at radius 1 is 1.03 bits per heavy atom. The van der Waals surface area contributed by atoms with Gasteiger partial charge in [-0.05, 0) is 54.8 Å². The molecule has 0 unspecified atom stereocenters. The highest BCUT2D eigenvalue weighted by molar-refractivity contribution is 9.10. The molecule has 162 valence electrons. The highest BCUT2D eigenvalue weighted by Crippen LogP contribution is 2.26. The van der Waals surface area contributed by atoms with Crippen molar-refractivity contribution >= 4 is 55.1 Å². The molecule has 0 bridgehead atoms. The SMILES string of the molecule is O=C(CN(Cc1ccc(Cl)c(Cl)c1)S(=O)(=O)c1ccc(Br)cc1)NC1CCCCC1. The molecule has 1 fully saturated rings. The Kier molecular flexibility index (Phi) is 8.21. The molecule has 0 saturated heterocycles. The summed E-state index contributed by atoms with van der Waals surface area (Å²) in [7, 11) is -3.90. The van der Waals surface area contributed by atoms with Gasteiger partial charge >= 0.3 is 0 Å². The van der Waals surface area contributed by atoms with Gasteiger partial charge in [-0.25, -0.2) is 8.42 Å². The van der Waals surface area contributed by atoms with Crippen molar-refractivity contribution in [2.75, 3.05) is 6.54 Å². The van der Waals surface area contributed by atoms with Crippen molar-refractivity contribution in [1.82, 2.24) is 9.62 Å². The number of nitrogens with one attached hydrogen (secondary N) is 1. The van der Waals surface area contributed by atoms with Crippen molar-refractivity contribution in [3.05, 3.63) is 62.5 Å². The van der Waals surface area contributed by atoms with E-state index in [9.17, 15) is 13.2 Å². The second kappa shape index (κ2) is 10.5. The van der Waals surface area contributed by atoms with Gasteiger partial charge in [0.1, 0.15) is 0 Å². The molecule has 30 heavy (non-hydrogen) atoms. The van der Waals surface area contributed by atoms with E-state index in [1.165, 1.54) is 22.9 Å². The van der Waals surface area contributed by atoms with Gasteiger partial charge in [0.05, 0.1) is 21.5 Å². The molecule has 3 rings (SSSR count). The minimum Gasteiger partial charge on any atom is -0.352 e. The number of nitrogens with zero attached hydrogens (tertiary/aromatic N) is 1. The number of amides is 1. The van der Waals surface area contributed by atoms with Crippen molar-refractivity contribution < 1.29 is 13.2 Å². The lowest BCUT2D eigenvalue weighted by molar-refractivity contribution is -0.122. The van der Waals surface area contributed by atoms with Gasteiger partial charge in [0.25, 0.3) is 0 Å². The number of rotatable bonds is 7. The Morgan fingerprint density at radius 3 is 2.33 bits per heavy atom. The quantitative estimate of drug-likeness (QED) is 0.518. The molecule has 2 aromatic carbocycles. The third-order valence-electron chi connectivity index (χ3n) is 5.08. The summed E-state index contributed by atoms with van der Waals surface area (Å²) in [5, 5.41) is 3.71. The number of sulfonamides is 1. The van der Waals surface area contributed by atoms with Gasteiger partial charge in [-0.2, -0.15) is 4.31 Å². The summed E-state index contributed by atoms with van der Waals surface area (Å²) >= 11 is 15.4. The normalized spacial score (nSPS) is 15.3. The van der Waals surface area contributed by atoms with Crippen LogP contribution in [0.25, 0.3) is 0 Å². The molecule has 0 atom stereocenters. The van der Waals surface area contributed by atoms with Gasteiger partial charge in [-0.1, -0.05) is 64.5 Å². The topological polar surface area (TPSA) is 66.5 Å². The Morgan fingerprint density at radius 2 is 1.70 bits per heavy atom. The van der Waals surface area contributed by atoms with Crippen LogP contribution in [-0.2, 0) is 21.4 Å². The second-order valence-corrected chi connectivity index (χ2v) is 11.0. The molecular formula is C21H23BrCl2N2O3S. The van der Waals surface area contributed by atoms with E-state index < -0.39 is 10.0 Å². The van der Waals surface area contributed by atoms with Gasteiger partial charge < -0.3 is 5.32 Å². The van der Waals surface area contributed by atoms with E-state index >= 15 is 0 Å². The fraction of sp³-hybridized carbons (Fsp3) is 0.381. The predicted octanol–water partition coefficient (Wildman–Crippen LogP) is 5.40. The number of hydrogen-bond donors (Lipinski definition) is 1. The number of carbonyl (C=O) groups excluding carboxylic acids is 1. The third-order valence-corrected chi connectivity index (χ3v) is 8.16. The Hall–Kier alpha value is -1.12. The standard InChI is InChI=1S/C21H23BrCl2N2O3S/c22-16-7-9-18(10-8-16)30(28,29)26(13-15-6-11-19(23)20(24)12-15)14-21(27)25-17-4-2-1-3-5-17/h6-12,17H,1-5,13-14H2,(H,25,27). The average molecular weight is 534 g/mol. The molecule has 1 aliphatic carbocycles. The minimum atomic E-state index is -3.90. The first-order valence-electron chi connectivity index (χ1n) is 9.75. The Labute approximate surface area is 195 Å². The van der Waals surface area contributed by atoms with Crippen LogP contribution in [0.4, 0.5) is 0 Å². The van der Waals surface area contributed by atoms with Crippen LogP contribution in [0.2, 0.25) is 10.0 Å². The molecule has 1 saturated carbocycles. The monoisotopic (exact) mass is 532 g/mol. The number of hydrogen-bond acceptors (Lipinski definition) is 3. The predicted molar refractivity (Wildman–Crippen MR) is 123 cm³/mol. The lowest BCUT2D eigenvalue weighted by Gasteiger charge is -2.26. The molecule has 1 N–H and O–H groups in total. The minimum absolute atomic E-state index is 0.00731. The van der Waals surface area contributed by atoms with Crippen molar-refractivity contribution in [3.8, 4) is 0 Å². The molecule has 1 amide bonds. The van der Waals surface area contributed by atoms with Crippen molar-refractivity contribution in [2.24, 2.45) is 0 Å². The maximum absolute atomic E-state index is 13.3. The highest BCUT2D eigenvalue weighted by Gasteiger charge is 2.28. The summed E-state index contributed by atoms with van der Waals surface area (Å²) in [6.45, 7) is -0.261. The fourth-order valence-corrected chi connectivity index (χ4v) is 5.47. The number of halogens is 3. The van der Waals surface area contributed by atoms with E-state index in [0.717, 1.165) is 30.2 Å². The zero-order valence-electron chi connectivity index (χ0n) is 16.3. The summed E-state index contributed by atoms with van der Waals surface area (Å²) in [5.74, 6) is -0.303.